The first-order valence-electron chi connectivity index (χ1n) is 7.21. The molecule has 1 aromatic heterocycles. The number of carbonyl (C=O) groups is 1. The first-order valence-corrected chi connectivity index (χ1v) is 7.21. The van der Waals surface area contributed by atoms with Gasteiger partial charge in [0.2, 0.25) is 5.95 Å². The third-order valence-electron chi connectivity index (χ3n) is 4.18. The maximum absolute atomic E-state index is 12.6. The molecule has 1 aromatic carbocycles. The van der Waals surface area contributed by atoms with Crippen LogP contribution in [0.15, 0.2) is 47.9 Å². The molecule has 0 bridgehead atoms. The number of aromatic nitrogens is 3. The summed E-state index contributed by atoms with van der Waals surface area (Å²) in [5, 5.41) is 7.60. The van der Waals surface area contributed by atoms with Crippen LogP contribution < -0.4 is 5.32 Å². The Morgan fingerprint density at radius 2 is 2.05 bits per heavy atom. The molecule has 2 heterocycles. The van der Waals surface area contributed by atoms with Gasteiger partial charge in [0.1, 0.15) is 12.4 Å². The van der Waals surface area contributed by atoms with E-state index in [-0.39, 0.29) is 11.8 Å². The number of allylic oxidation sites excluding steroid dienone is 2. The maximum Gasteiger partial charge on any atom is 0.226 e. The molecule has 0 radical (unpaired) electrons. The lowest BCUT2D eigenvalue weighted by atomic mass is 9.81. The molecule has 1 aliphatic carbocycles. The van der Waals surface area contributed by atoms with E-state index in [0.29, 0.717) is 18.3 Å². The van der Waals surface area contributed by atoms with E-state index in [2.05, 4.69) is 22.3 Å². The molecular weight excluding hydrogens is 264 g/mol. The van der Waals surface area contributed by atoms with E-state index >= 15 is 0 Å². The Morgan fingerprint density at radius 3 is 2.86 bits per heavy atom. The Hall–Kier alpha value is -2.43. The van der Waals surface area contributed by atoms with Crippen LogP contribution in [0.1, 0.15) is 31.4 Å². The highest BCUT2D eigenvalue weighted by Gasteiger charge is 2.37. The van der Waals surface area contributed by atoms with Gasteiger partial charge in [-0.25, -0.2) is 4.68 Å². The predicted molar refractivity (Wildman–Crippen MR) is 78.7 cm³/mol. The fourth-order valence-electron chi connectivity index (χ4n) is 3.29. The molecule has 0 saturated heterocycles. The molecule has 106 valence electrons. The lowest BCUT2D eigenvalue weighted by Crippen LogP contribution is -2.33. The number of hydrogen-bond donors (Lipinski definition) is 1. The van der Waals surface area contributed by atoms with E-state index in [4.69, 9.17) is 0 Å². The average Bonchev–Trinajstić information content (AvgIpc) is 2.93. The highest BCUT2D eigenvalue weighted by Crippen LogP contribution is 2.40. The van der Waals surface area contributed by atoms with Crippen molar-refractivity contribution in [2.45, 2.75) is 25.8 Å². The molecule has 5 heteroatoms. The van der Waals surface area contributed by atoms with E-state index < -0.39 is 0 Å². The molecule has 1 aliphatic heterocycles. The van der Waals surface area contributed by atoms with E-state index in [1.54, 1.807) is 0 Å². The second-order valence-corrected chi connectivity index (χ2v) is 5.80. The van der Waals surface area contributed by atoms with E-state index in [9.17, 15) is 4.79 Å². The molecule has 21 heavy (non-hydrogen) atoms. The summed E-state index contributed by atoms with van der Waals surface area (Å²) in [5.74, 6) is 1.30. The van der Waals surface area contributed by atoms with Gasteiger partial charge in [-0.2, -0.15) is 10.1 Å². The van der Waals surface area contributed by atoms with Crippen molar-refractivity contribution in [2.75, 3.05) is 5.32 Å². The number of ketones is 1. The van der Waals surface area contributed by atoms with Gasteiger partial charge in [0.05, 0.1) is 0 Å². The van der Waals surface area contributed by atoms with Gasteiger partial charge in [0.25, 0.3) is 0 Å². The lowest BCUT2D eigenvalue weighted by molar-refractivity contribution is -0.117. The zero-order valence-electron chi connectivity index (χ0n) is 11.8. The van der Waals surface area contributed by atoms with Crippen LogP contribution in [-0.4, -0.2) is 20.5 Å². The van der Waals surface area contributed by atoms with Crippen molar-refractivity contribution in [3.63, 3.8) is 0 Å². The number of anilines is 1. The molecule has 2 aromatic rings. The van der Waals surface area contributed by atoms with Crippen LogP contribution in [0.25, 0.3) is 0 Å². The number of benzene rings is 1. The fraction of sp³-hybridized carbons (Fsp3) is 0.312. The summed E-state index contributed by atoms with van der Waals surface area (Å²) in [6.45, 7) is 2.11. The smallest absolute Gasteiger partial charge is 0.226 e. The van der Waals surface area contributed by atoms with Gasteiger partial charge in [0, 0.05) is 17.7 Å². The summed E-state index contributed by atoms with van der Waals surface area (Å²) >= 11 is 0. The summed E-state index contributed by atoms with van der Waals surface area (Å²) in [5.41, 5.74) is 2.92. The quantitative estimate of drug-likeness (QED) is 0.872. The van der Waals surface area contributed by atoms with Crippen LogP contribution in [0.5, 0.6) is 0 Å². The normalized spacial score (nSPS) is 24.3. The molecule has 5 nitrogen and oxygen atoms in total. The van der Waals surface area contributed by atoms with Crippen LogP contribution in [0.4, 0.5) is 5.95 Å². The van der Waals surface area contributed by atoms with Gasteiger partial charge in [-0.05, 0) is 17.9 Å². The third kappa shape index (κ3) is 1.88. The molecule has 4 rings (SSSR count). The standard InChI is InChI=1S/C16H16N4O/c1-10-7-12-14(13(21)8-10)15(11-5-3-2-4-6-11)20-16(19-12)17-9-18-20/h2-6,9-10,15H,7-8H2,1H3,(H,17,18,19)/t10-,15-/m0/s1. The van der Waals surface area contributed by atoms with Crippen LogP contribution in [-0.2, 0) is 4.79 Å². The fourth-order valence-corrected chi connectivity index (χ4v) is 3.29. The molecule has 2 atom stereocenters. The van der Waals surface area contributed by atoms with Crippen molar-refractivity contribution in [1.29, 1.82) is 0 Å². The van der Waals surface area contributed by atoms with Gasteiger partial charge in [-0.3, -0.25) is 4.79 Å². The number of fused-ring (bicyclic) bond motifs is 1. The monoisotopic (exact) mass is 280 g/mol. The van der Waals surface area contributed by atoms with Crippen LogP contribution >= 0.6 is 0 Å². The van der Waals surface area contributed by atoms with Crippen LogP contribution in [0, 0.1) is 5.92 Å². The summed E-state index contributed by atoms with van der Waals surface area (Å²) < 4.78 is 1.81. The molecule has 0 saturated carbocycles. The highest BCUT2D eigenvalue weighted by atomic mass is 16.1. The number of rotatable bonds is 1. The molecule has 2 aliphatic rings. The van der Waals surface area contributed by atoms with Crippen molar-refractivity contribution in [3.8, 4) is 0 Å². The number of nitrogens with zero attached hydrogens (tertiary/aromatic N) is 3. The number of Topliss-reactive ketones (excluding diaryl/α,β-unsaturated/α-hetero) is 1. The summed E-state index contributed by atoms with van der Waals surface area (Å²) in [6.07, 6.45) is 3.02. The van der Waals surface area contributed by atoms with Crippen molar-refractivity contribution in [3.05, 3.63) is 53.5 Å². The minimum atomic E-state index is -0.167. The van der Waals surface area contributed by atoms with Crippen LogP contribution in [0.2, 0.25) is 0 Å². The van der Waals surface area contributed by atoms with Crippen LogP contribution in [0.3, 0.4) is 0 Å². The van der Waals surface area contributed by atoms with E-state index in [1.807, 2.05) is 35.0 Å². The molecule has 1 N–H and O–H groups in total. The first kappa shape index (κ1) is 12.3. The number of nitrogens with one attached hydrogen (secondary N) is 1. The van der Waals surface area contributed by atoms with Crippen molar-refractivity contribution in [2.24, 2.45) is 5.92 Å². The Kier molecular flexibility index (Phi) is 2.67. The van der Waals surface area contributed by atoms with Gasteiger partial charge in [-0.15, -0.1) is 0 Å². The topological polar surface area (TPSA) is 59.8 Å². The Bertz CT molecular complexity index is 732. The minimum Gasteiger partial charge on any atom is -0.328 e. The van der Waals surface area contributed by atoms with Crippen molar-refractivity contribution in [1.82, 2.24) is 14.8 Å². The van der Waals surface area contributed by atoms with E-state index in [0.717, 1.165) is 23.3 Å². The lowest BCUT2D eigenvalue weighted by Gasteiger charge is -2.34. The van der Waals surface area contributed by atoms with Crippen molar-refractivity contribution < 1.29 is 4.79 Å². The van der Waals surface area contributed by atoms with E-state index in [1.165, 1.54) is 6.33 Å². The average molecular weight is 280 g/mol. The van der Waals surface area contributed by atoms with Gasteiger partial charge < -0.3 is 5.32 Å². The van der Waals surface area contributed by atoms with Gasteiger partial charge >= 0.3 is 0 Å². The molecule has 0 amide bonds. The Labute approximate surface area is 122 Å². The second kappa shape index (κ2) is 4.55. The summed E-state index contributed by atoms with van der Waals surface area (Å²) in [4.78, 5) is 16.9. The minimum absolute atomic E-state index is 0.167. The van der Waals surface area contributed by atoms with Crippen molar-refractivity contribution >= 4 is 11.7 Å². The summed E-state index contributed by atoms with van der Waals surface area (Å²) in [6, 6.07) is 9.87. The molecule has 0 fully saturated rings. The second-order valence-electron chi connectivity index (χ2n) is 5.80. The Morgan fingerprint density at radius 1 is 1.24 bits per heavy atom. The SMILES string of the molecule is C[C@@H]1CC(=O)C2=C(C1)Nc1ncnn1[C@H]2c1ccccc1. The number of carbonyl (C=O) groups excluding carboxylic acids is 1. The zero-order chi connectivity index (χ0) is 14.4. The number of hydrogen-bond acceptors (Lipinski definition) is 4. The maximum atomic E-state index is 12.6. The molecule has 0 unspecified atom stereocenters. The van der Waals surface area contributed by atoms with Gasteiger partial charge in [0.15, 0.2) is 5.78 Å². The molecule has 0 spiro atoms. The van der Waals surface area contributed by atoms with Gasteiger partial charge in [-0.1, -0.05) is 37.3 Å². The zero-order valence-corrected chi connectivity index (χ0v) is 11.8. The highest BCUT2D eigenvalue weighted by molar-refractivity contribution is 5.99. The molecular formula is C16H16N4O. The summed E-state index contributed by atoms with van der Waals surface area (Å²) in [7, 11) is 0. The predicted octanol–water partition coefficient (Wildman–Crippen LogP) is 2.55. The Balaban J connectivity index is 1.91. The largest absolute Gasteiger partial charge is 0.328 e. The third-order valence-corrected chi connectivity index (χ3v) is 4.18. The first-order chi connectivity index (χ1) is 10.2.